The molecule has 0 aliphatic rings. The summed E-state index contributed by atoms with van der Waals surface area (Å²) >= 11 is 3.47. The predicted octanol–water partition coefficient (Wildman–Crippen LogP) is 5.90. The Bertz CT molecular complexity index is 1460. The Morgan fingerprint density at radius 3 is 2.20 bits per heavy atom. The molecular formula is C31H38BrN3O4S. The Balaban J connectivity index is 2.07. The minimum atomic E-state index is -4.11. The maximum Gasteiger partial charge on any atom is 0.264 e. The number of carbonyl (C=O) groups is 2. The van der Waals surface area contributed by atoms with Crippen LogP contribution in [0.2, 0.25) is 0 Å². The van der Waals surface area contributed by atoms with Gasteiger partial charge in [-0.25, -0.2) is 8.42 Å². The number of amides is 2. The van der Waals surface area contributed by atoms with Crippen LogP contribution in [0.4, 0.5) is 5.69 Å². The summed E-state index contributed by atoms with van der Waals surface area (Å²) in [6, 6.07) is 18.7. The molecule has 3 aromatic rings. The third-order valence-electron chi connectivity index (χ3n) is 6.93. The molecule has 7 nitrogen and oxygen atoms in total. The van der Waals surface area contributed by atoms with Crippen molar-refractivity contribution in [1.29, 1.82) is 0 Å². The molecule has 9 heteroatoms. The average molecular weight is 629 g/mol. The Morgan fingerprint density at radius 2 is 1.57 bits per heavy atom. The van der Waals surface area contributed by atoms with Crippen LogP contribution < -0.4 is 9.62 Å². The lowest BCUT2D eigenvalue weighted by molar-refractivity contribution is -0.139. The lowest BCUT2D eigenvalue weighted by Crippen LogP contribution is -2.52. The Morgan fingerprint density at radius 1 is 0.925 bits per heavy atom. The molecule has 2 atom stereocenters. The fourth-order valence-electron chi connectivity index (χ4n) is 4.22. The van der Waals surface area contributed by atoms with Gasteiger partial charge in [-0.1, -0.05) is 64.8 Å². The lowest BCUT2D eigenvalue weighted by atomic mass is 10.1. The Kier molecular flexibility index (Phi) is 10.6. The van der Waals surface area contributed by atoms with Crippen molar-refractivity contribution in [1.82, 2.24) is 10.2 Å². The fraction of sp³-hybridized carbons (Fsp3) is 0.355. The van der Waals surface area contributed by atoms with Crippen molar-refractivity contribution in [3.8, 4) is 0 Å². The van der Waals surface area contributed by atoms with E-state index in [-0.39, 0.29) is 23.4 Å². The van der Waals surface area contributed by atoms with Crippen molar-refractivity contribution in [2.75, 3.05) is 10.8 Å². The first-order valence-corrected chi connectivity index (χ1v) is 15.6. The van der Waals surface area contributed by atoms with Crippen LogP contribution in [0.3, 0.4) is 0 Å². The normalized spacial score (nSPS) is 12.9. The van der Waals surface area contributed by atoms with E-state index in [2.05, 4.69) is 21.2 Å². The average Bonchev–Trinajstić information content (AvgIpc) is 2.91. The molecule has 0 radical (unpaired) electrons. The van der Waals surface area contributed by atoms with E-state index in [1.165, 1.54) is 4.90 Å². The van der Waals surface area contributed by atoms with Crippen molar-refractivity contribution in [2.24, 2.45) is 0 Å². The van der Waals surface area contributed by atoms with Crippen LogP contribution in [0.15, 0.2) is 76.1 Å². The van der Waals surface area contributed by atoms with Gasteiger partial charge in [0.05, 0.1) is 10.6 Å². The maximum absolute atomic E-state index is 14.1. The van der Waals surface area contributed by atoms with Crippen LogP contribution in [0.25, 0.3) is 0 Å². The van der Waals surface area contributed by atoms with Crippen molar-refractivity contribution < 1.29 is 18.0 Å². The lowest BCUT2D eigenvalue weighted by Gasteiger charge is -2.33. The van der Waals surface area contributed by atoms with Crippen molar-refractivity contribution in [2.45, 2.75) is 71.5 Å². The minimum absolute atomic E-state index is 0.0638. The smallest absolute Gasteiger partial charge is 0.264 e. The number of aryl methyl sites for hydroxylation is 3. The van der Waals surface area contributed by atoms with E-state index in [1.54, 1.807) is 37.3 Å². The molecule has 0 spiro atoms. The molecule has 1 N–H and O–H groups in total. The number of sulfonamides is 1. The number of nitrogens with zero attached hydrogens (tertiary/aromatic N) is 2. The number of halogens is 1. The summed E-state index contributed by atoms with van der Waals surface area (Å²) in [6.45, 7) is 10.8. The number of hydrogen-bond acceptors (Lipinski definition) is 4. The van der Waals surface area contributed by atoms with E-state index < -0.39 is 28.5 Å². The van der Waals surface area contributed by atoms with E-state index in [4.69, 9.17) is 0 Å². The Labute approximate surface area is 246 Å². The van der Waals surface area contributed by atoms with E-state index in [0.29, 0.717) is 5.69 Å². The standard InChI is InChI=1S/C31H38BrN3O4S/c1-7-24(5)33-31(37)25(6)34(19-26-9-8-10-27(32)18-26)30(36)20-35(29-17-22(3)11-14-23(29)4)40(38,39)28-15-12-21(2)13-16-28/h8-18,24-25H,7,19-20H2,1-6H3,(H,33,37)/t24-,25-/m0/s1. The largest absolute Gasteiger partial charge is 0.352 e. The van der Waals surface area contributed by atoms with E-state index in [1.807, 2.05) is 71.0 Å². The molecule has 40 heavy (non-hydrogen) atoms. The second kappa shape index (κ2) is 13.5. The summed E-state index contributed by atoms with van der Waals surface area (Å²) in [5, 5.41) is 2.95. The molecular weight excluding hydrogens is 590 g/mol. The van der Waals surface area contributed by atoms with Gasteiger partial charge in [0.1, 0.15) is 12.6 Å². The first-order valence-electron chi connectivity index (χ1n) is 13.3. The molecule has 0 heterocycles. The minimum Gasteiger partial charge on any atom is -0.352 e. The third kappa shape index (κ3) is 7.73. The monoisotopic (exact) mass is 627 g/mol. The van der Waals surface area contributed by atoms with Crippen molar-refractivity contribution >= 4 is 43.5 Å². The van der Waals surface area contributed by atoms with Gasteiger partial charge < -0.3 is 10.2 Å². The molecule has 0 aromatic heterocycles. The first-order chi connectivity index (χ1) is 18.8. The highest BCUT2D eigenvalue weighted by molar-refractivity contribution is 9.10. The zero-order valence-electron chi connectivity index (χ0n) is 23.9. The molecule has 0 unspecified atom stereocenters. The topological polar surface area (TPSA) is 86.8 Å². The van der Waals surface area contributed by atoms with Crippen LogP contribution in [-0.4, -0.2) is 43.8 Å². The van der Waals surface area contributed by atoms with Gasteiger partial charge in [0.15, 0.2) is 0 Å². The van der Waals surface area contributed by atoms with Crippen LogP contribution >= 0.6 is 15.9 Å². The van der Waals surface area contributed by atoms with Gasteiger partial charge in [-0.05, 0) is 88.1 Å². The molecule has 0 aliphatic heterocycles. The molecule has 214 valence electrons. The second-order valence-electron chi connectivity index (χ2n) is 10.3. The quantitative estimate of drug-likeness (QED) is 0.287. The summed E-state index contributed by atoms with van der Waals surface area (Å²) in [7, 11) is -4.11. The van der Waals surface area contributed by atoms with E-state index in [0.717, 1.165) is 37.5 Å². The fourth-order valence-corrected chi connectivity index (χ4v) is 6.14. The number of rotatable bonds is 11. The molecule has 3 rings (SSSR count). The SMILES string of the molecule is CC[C@H](C)NC(=O)[C@H](C)N(Cc1cccc(Br)c1)C(=O)CN(c1cc(C)ccc1C)S(=O)(=O)c1ccc(C)cc1. The van der Waals surface area contributed by atoms with Gasteiger partial charge in [-0.2, -0.15) is 0 Å². The first kappa shape index (κ1) is 31.4. The zero-order chi connectivity index (χ0) is 29.6. The molecule has 0 bridgehead atoms. The summed E-state index contributed by atoms with van der Waals surface area (Å²) in [4.78, 5) is 28.8. The summed E-state index contributed by atoms with van der Waals surface area (Å²) in [5.74, 6) is -0.777. The maximum atomic E-state index is 14.1. The summed E-state index contributed by atoms with van der Waals surface area (Å²) < 4.78 is 30.1. The van der Waals surface area contributed by atoms with Gasteiger partial charge in [-0.15, -0.1) is 0 Å². The number of benzene rings is 3. The van der Waals surface area contributed by atoms with Gasteiger partial charge in [-0.3, -0.25) is 13.9 Å². The van der Waals surface area contributed by atoms with Gasteiger partial charge >= 0.3 is 0 Å². The number of anilines is 1. The van der Waals surface area contributed by atoms with E-state index in [9.17, 15) is 18.0 Å². The van der Waals surface area contributed by atoms with Gasteiger partial charge in [0.25, 0.3) is 10.0 Å². The number of nitrogens with one attached hydrogen (secondary N) is 1. The zero-order valence-corrected chi connectivity index (χ0v) is 26.3. The van der Waals surface area contributed by atoms with Gasteiger partial charge in [0.2, 0.25) is 11.8 Å². The van der Waals surface area contributed by atoms with Crippen LogP contribution in [0.5, 0.6) is 0 Å². The number of carbonyl (C=O) groups excluding carboxylic acids is 2. The van der Waals surface area contributed by atoms with Crippen LogP contribution in [-0.2, 0) is 26.2 Å². The summed E-state index contributed by atoms with van der Waals surface area (Å²) in [6.07, 6.45) is 0.743. The van der Waals surface area contributed by atoms with Crippen molar-refractivity contribution in [3.05, 3.63) is 93.5 Å². The molecule has 0 aliphatic carbocycles. The van der Waals surface area contributed by atoms with E-state index >= 15 is 0 Å². The summed E-state index contributed by atoms with van der Waals surface area (Å²) in [5.41, 5.74) is 3.74. The van der Waals surface area contributed by atoms with Crippen LogP contribution in [0.1, 0.15) is 49.4 Å². The molecule has 0 fully saturated rings. The highest BCUT2D eigenvalue weighted by Gasteiger charge is 2.33. The molecule has 2 amide bonds. The molecule has 3 aromatic carbocycles. The van der Waals surface area contributed by atoms with Crippen molar-refractivity contribution in [3.63, 3.8) is 0 Å². The van der Waals surface area contributed by atoms with Crippen LogP contribution in [0, 0.1) is 20.8 Å². The second-order valence-corrected chi connectivity index (χ2v) is 13.0. The third-order valence-corrected chi connectivity index (χ3v) is 9.20. The molecule has 0 saturated heterocycles. The van der Waals surface area contributed by atoms with Gasteiger partial charge in [0, 0.05) is 17.1 Å². The predicted molar refractivity (Wildman–Crippen MR) is 164 cm³/mol. The Hall–Kier alpha value is -3.17. The highest BCUT2D eigenvalue weighted by Crippen LogP contribution is 2.29. The number of hydrogen-bond donors (Lipinski definition) is 1. The highest BCUT2D eigenvalue weighted by atomic mass is 79.9. The molecule has 0 saturated carbocycles.